The van der Waals surface area contributed by atoms with Gasteiger partial charge in [0.1, 0.15) is 11.4 Å². The van der Waals surface area contributed by atoms with Gasteiger partial charge >= 0.3 is 0 Å². The Labute approximate surface area is 171 Å². The minimum absolute atomic E-state index is 0.0152. The van der Waals surface area contributed by atoms with Crippen molar-refractivity contribution in [2.45, 2.75) is 82.6 Å². The first-order valence-electron chi connectivity index (χ1n) is 9.88. The molecule has 0 unspecified atom stereocenters. The van der Waals surface area contributed by atoms with Crippen LogP contribution in [0.15, 0.2) is 52.3 Å². The van der Waals surface area contributed by atoms with E-state index < -0.39 is 9.84 Å². The van der Waals surface area contributed by atoms with Gasteiger partial charge in [-0.15, -0.1) is 0 Å². The molecule has 0 amide bonds. The molecule has 2 aromatic rings. The van der Waals surface area contributed by atoms with Crippen LogP contribution in [-0.4, -0.2) is 14.0 Å². The average Bonchev–Trinajstić information content (AvgIpc) is 2.54. The van der Waals surface area contributed by atoms with E-state index in [9.17, 15) is 8.42 Å². The summed E-state index contributed by atoms with van der Waals surface area (Å²) >= 11 is 0. The van der Waals surface area contributed by atoms with Crippen molar-refractivity contribution in [2.75, 3.05) is 0 Å². The van der Waals surface area contributed by atoms with Crippen LogP contribution >= 0.6 is 0 Å². The van der Waals surface area contributed by atoms with Crippen molar-refractivity contribution in [3.05, 3.63) is 53.6 Å². The molecule has 0 atom stereocenters. The molecule has 0 aliphatic heterocycles. The van der Waals surface area contributed by atoms with Gasteiger partial charge in [0.05, 0.1) is 9.79 Å². The molecule has 154 valence electrons. The fourth-order valence-electron chi connectivity index (χ4n) is 3.02. The molecule has 28 heavy (non-hydrogen) atoms. The van der Waals surface area contributed by atoms with Gasteiger partial charge in [0.2, 0.25) is 9.84 Å². The van der Waals surface area contributed by atoms with E-state index in [4.69, 9.17) is 4.74 Å². The molecule has 0 radical (unpaired) electrons. The van der Waals surface area contributed by atoms with Crippen molar-refractivity contribution in [1.82, 2.24) is 0 Å². The molecule has 3 nitrogen and oxygen atoms in total. The predicted octanol–water partition coefficient (Wildman–Crippen LogP) is 6.19. The maximum atomic E-state index is 13.2. The second kappa shape index (κ2) is 7.90. The highest BCUT2D eigenvalue weighted by molar-refractivity contribution is 7.91. The zero-order valence-electron chi connectivity index (χ0n) is 18.5. The van der Waals surface area contributed by atoms with Crippen LogP contribution in [0.5, 0.6) is 5.75 Å². The van der Waals surface area contributed by atoms with Crippen molar-refractivity contribution in [3.8, 4) is 5.75 Å². The van der Waals surface area contributed by atoms with E-state index in [2.05, 4.69) is 34.6 Å². The Hall–Kier alpha value is -1.81. The Morgan fingerprint density at radius 1 is 0.857 bits per heavy atom. The average molecular weight is 403 g/mol. The molecule has 0 saturated carbocycles. The quantitative estimate of drug-likeness (QED) is 0.598. The molecule has 0 bridgehead atoms. The number of hydrogen-bond acceptors (Lipinski definition) is 3. The molecular formula is C24H34O3S. The summed E-state index contributed by atoms with van der Waals surface area (Å²) in [7, 11) is -3.58. The summed E-state index contributed by atoms with van der Waals surface area (Å²) in [4.78, 5) is 0.633. The normalized spacial score (nSPS) is 13.0. The lowest BCUT2D eigenvalue weighted by Crippen LogP contribution is -2.24. The highest BCUT2D eigenvalue weighted by Gasteiger charge is 2.22. The molecule has 2 aromatic carbocycles. The highest BCUT2D eigenvalue weighted by Crippen LogP contribution is 2.31. The summed E-state index contributed by atoms with van der Waals surface area (Å²) in [5, 5.41) is 0. The van der Waals surface area contributed by atoms with Crippen molar-refractivity contribution in [3.63, 3.8) is 0 Å². The third-order valence-corrected chi connectivity index (χ3v) is 6.18. The second-order valence-corrected chi connectivity index (χ2v) is 11.8. The molecule has 4 heteroatoms. The monoisotopic (exact) mass is 402 g/mol. The molecule has 0 heterocycles. The second-order valence-electron chi connectivity index (χ2n) is 9.86. The standard InChI is InChI=1S/C24H34O3S/c1-17(2)15-18-16-21(13-14-22(18)27-24(6,7)8)28(25,26)20-11-9-19(10-12-20)23(3,4)5/h9-14,16-17H,15H2,1-8H3. The first-order chi connectivity index (χ1) is 12.7. The van der Waals surface area contributed by atoms with Gasteiger partial charge < -0.3 is 4.74 Å². The predicted molar refractivity (Wildman–Crippen MR) is 116 cm³/mol. The van der Waals surface area contributed by atoms with Crippen LogP contribution in [-0.2, 0) is 21.7 Å². The lowest BCUT2D eigenvalue weighted by atomic mass is 9.87. The molecule has 0 fully saturated rings. The van der Waals surface area contributed by atoms with E-state index in [1.807, 2.05) is 32.9 Å². The first kappa shape index (κ1) is 22.5. The third-order valence-electron chi connectivity index (χ3n) is 4.42. The lowest BCUT2D eigenvalue weighted by molar-refractivity contribution is 0.129. The molecule has 0 aromatic heterocycles. The number of hydrogen-bond donors (Lipinski definition) is 0. The van der Waals surface area contributed by atoms with E-state index in [1.54, 1.807) is 30.3 Å². The summed E-state index contributed by atoms with van der Waals surface area (Å²) in [6, 6.07) is 12.4. The third kappa shape index (κ3) is 5.60. The Balaban J connectivity index is 2.47. The minimum atomic E-state index is -3.58. The van der Waals surface area contributed by atoms with Gasteiger partial charge in [0.25, 0.3) is 0 Å². The molecule has 0 aliphatic rings. The van der Waals surface area contributed by atoms with Gasteiger partial charge in [-0.1, -0.05) is 46.8 Å². The maximum absolute atomic E-state index is 13.2. The van der Waals surface area contributed by atoms with Crippen LogP contribution in [0.4, 0.5) is 0 Å². The molecular weight excluding hydrogens is 368 g/mol. The topological polar surface area (TPSA) is 43.4 Å². The number of rotatable bonds is 5. The molecule has 0 spiro atoms. The van der Waals surface area contributed by atoms with Crippen molar-refractivity contribution in [1.29, 1.82) is 0 Å². The minimum Gasteiger partial charge on any atom is -0.488 e. The Morgan fingerprint density at radius 3 is 1.86 bits per heavy atom. The Kier molecular flexibility index (Phi) is 6.34. The van der Waals surface area contributed by atoms with Crippen LogP contribution < -0.4 is 4.74 Å². The van der Waals surface area contributed by atoms with Gasteiger partial charge in [0.15, 0.2) is 0 Å². The van der Waals surface area contributed by atoms with Crippen LogP contribution in [0.1, 0.15) is 66.5 Å². The number of benzene rings is 2. The first-order valence-corrected chi connectivity index (χ1v) is 11.4. The van der Waals surface area contributed by atoms with E-state index in [1.165, 1.54) is 0 Å². The van der Waals surface area contributed by atoms with E-state index in [-0.39, 0.29) is 11.0 Å². The number of ether oxygens (including phenoxy) is 1. The Morgan fingerprint density at radius 2 is 1.39 bits per heavy atom. The molecule has 0 aliphatic carbocycles. The Bertz CT molecular complexity index is 910. The summed E-state index contributed by atoms with van der Waals surface area (Å²) in [6.07, 6.45) is 0.762. The smallest absolute Gasteiger partial charge is 0.206 e. The van der Waals surface area contributed by atoms with Crippen molar-refractivity contribution in [2.24, 2.45) is 5.92 Å². The highest BCUT2D eigenvalue weighted by atomic mass is 32.2. The van der Waals surface area contributed by atoms with Crippen LogP contribution in [0.2, 0.25) is 0 Å². The van der Waals surface area contributed by atoms with E-state index in [0.717, 1.165) is 23.3 Å². The van der Waals surface area contributed by atoms with Crippen LogP contribution in [0.25, 0.3) is 0 Å². The van der Waals surface area contributed by atoms with E-state index >= 15 is 0 Å². The zero-order valence-corrected chi connectivity index (χ0v) is 19.3. The van der Waals surface area contributed by atoms with Gasteiger partial charge in [-0.2, -0.15) is 0 Å². The van der Waals surface area contributed by atoms with Gasteiger partial charge in [-0.25, -0.2) is 8.42 Å². The van der Waals surface area contributed by atoms with E-state index in [0.29, 0.717) is 15.7 Å². The molecule has 2 rings (SSSR count). The fraction of sp³-hybridized carbons (Fsp3) is 0.500. The summed E-state index contributed by atoms with van der Waals surface area (Å²) in [5.74, 6) is 1.15. The summed E-state index contributed by atoms with van der Waals surface area (Å²) in [6.45, 7) is 16.6. The zero-order chi connectivity index (χ0) is 21.3. The maximum Gasteiger partial charge on any atom is 0.206 e. The summed E-state index contributed by atoms with van der Waals surface area (Å²) in [5.41, 5.74) is 1.69. The fourth-order valence-corrected chi connectivity index (χ4v) is 4.33. The van der Waals surface area contributed by atoms with Gasteiger partial charge in [-0.05, 0) is 80.0 Å². The van der Waals surface area contributed by atoms with Crippen molar-refractivity contribution >= 4 is 9.84 Å². The molecule has 0 saturated heterocycles. The van der Waals surface area contributed by atoms with Crippen LogP contribution in [0, 0.1) is 5.92 Å². The SMILES string of the molecule is CC(C)Cc1cc(S(=O)(=O)c2ccc(C(C)(C)C)cc2)ccc1OC(C)(C)C. The van der Waals surface area contributed by atoms with Gasteiger partial charge in [-0.3, -0.25) is 0 Å². The van der Waals surface area contributed by atoms with Crippen molar-refractivity contribution < 1.29 is 13.2 Å². The largest absolute Gasteiger partial charge is 0.488 e. The lowest BCUT2D eigenvalue weighted by Gasteiger charge is -2.24. The van der Waals surface area contributed by atoms with Crippen LogP contribution in [0.3, 0.4) is 0 Å². The summed E-state index contributed by atoms with van der Waals surface area (Å²) < 4.78 is 32.4. The van der Waals surface area contributed by atoms with Gasteiger partial charge in [0, 0.05) is 0 Å². The number of sulfone groups is 1. The molecule has 0 N–H and O–H groups in total.